The van der Waals surface area contributed by atoms with Crippen LogP contribution < -0.4 is 9.21 Å². The predicted molar refractivity (Wildman–Crippen MR) is 227 cm³/mol. The van der Waals surface area contributed by atoms with E-state index in [9.17, 15) is 0 Å². The van der Waals surface area contributed by atoms with E-state index in [1.54, 1.807) is 11.9 Å². The quantitative estimate of drug-likeness (QED) is 0.153. The standard InChI is InChI=1S/C48H34N2S2/c1-34-27-28-36(43-23-14-25-45-44-24-13-22-42(47(44)51-48(43)45)35-15-5-2-6-16-35)33-49(46-26-12-11-21-41(34)46)37-29-31-39(32-30-37)50(38-17-7-3-8-18-38)52-40-19-9-4-10-20-40/h2-33H,1H2/b28-27-,36-33+. The second-order valence-corrected chi connectivity index (χ2v) is 14.8. The maximum Gasteiger partial charge on any atom is 0.0533 e. The Kier molecular flexibility index (Phi) is 8.53. The van der Waals surface area contributed by atoms with E-state index in [-0.39, 0.29) is 0 Å². The Morgan fingerprint density at radius 3 is 1.81 bits per heavy atom. The molecular formula is C48H34N2S2. The van der Waals surface area contributed by atoms with Crippen molar-refractivity contribution >= 4 is 77.4 Å². The van der Waals surface area contributed by atoms with E-state index < -0.39 is 0 Å². The lowest BCUT2D eigenvalue weighted by Crippen LogP contribution is -2.13. The fraction of sp³-hybridized carbons (Fsp3) is 0. The summed E-state index contributed by atoms with van der Waals surface area (Å²) in [5.74, 6) is 0. The monoisotopic (exact) mass is 702 g/mol. The van der Waals surface area contributed by atoms with E-state index in [1.165, 1.54) is 41.8 Å². The van der Waals surface area contributed by atoms with Crippen LogP contribution >= 0.6 is 23.3 Å². The topological polar surface area (TPSA) is 6.48 Å². The molecule has 7 aromatic carbocycles. The minimum atomic E-state index is 0.979. The van der Waals surface area contributed by atoms with Gasteiger partial charge in [-0.05, 0) is 88.8 Å². The third-order valence-electron chi connectivity index (χ3n) is 9.45. The van der Waals surface area contributed by atoms with Gasteiger partial charge in [0.2, 0.25) is 0 Å². The van der Waals surface area contributed by atoms with Crippen LogP contribution in [0.3, 0.4) is 0 Å². The summed E-state index contributed by atoms with van der Waals surface area (Å²) >= 11 is 3.60. The number of para-hydroxylation sites is 2. The van der Waals surface area contributed by atoms with E-state index >= 15 is 0 Å². The van der Waals surface area contributed by atoms with E-state index in [1.807, 2.05) is 11.3 Å². The molecule has 0 unspecified atom stereocenters. The second kappa shape index (κ2) is 13.9. The van der Waals surface area contributed by atoms with Crippen molar-refractivity contribution in [2.24, 2.45) is 0 Å². The van der Waals surface area contributed by atoms with Crippen LogP contribution in [-0.2, 0) is 0 Å². The zero-order valence-electron chi connectivity index (χ0n) is 28.4. The first-order chi connectivity index (χ1) is 25.7. The van der Waals surface area contributed by atoms with E-state index in [0.717, 1.165) is 39.5 Å². The Labute approximate surface area is 313 Å². The van der Waals surface area contributed by atoms with Crippen molar-refractivity contribution in [1.82, 2.24) is 0 Å². The van der Waals surface area contributed by atoms with Gasteiger partial charge in [0.05, 0.1) is 17.1 Å². The predicted octanol–water partition coefficient (Wildman–Crippen LogP) is 14.3. The number of fused-ring (bicyclic) bond motifs is 4. The van der Waals surface area contributed by atoms with Gasteiger partial charge in [-0.1, -0.05) is 140 Å². The fourth-order valence-corrected chi connectivity index (χ4v) is 9.22. The summed E-state index contributed by atoms with van der Waals surface area (Å²) in [6.07, 6.45) is 6.68. The molecule has 2 nitrogen and oxygen atoms in total. The lowest BCUT2D eigenvalue weighted by molar-refractivity contribution is 1.27. The average molecular weight is 703 g/mol. The molecule has 0 saturated carbocycles. The summed E-state index contributed by atoms with van der Waals surface area (Å²) in [5, 5.41) is 2.57. The molecule has 0 N–H and O–H groups in total. The Hall–Kier alpha value is -6.07. The molecule has 4 heteroatoms. The van der Waals surface area contributed by atoms with Crippen molar-refractivity contribution in [2.75, 3.05) is 9.21 Å². The highest BCUT2D eigenvalue weighted by Crippen LogP contribution is 2.45. The van der Waals surface area contributed by atoms with Crippen molar-refractivity contribution in [3.8, 4) is 11.1 Å². The molecule has 0 bridgehead atoms. The molecule has 52 heavy (non-hydrogen) atoms. The van der Waals surface area contributed by atoms with Gasteiger partial charge in [0.25, 0.3) is 0 Å². The molecule has 2 heterocycles. The van der Waals surface area contributed by atoms with Crippen LogP contribution in [0.4, 0.5) is 22.7 Å². The molecule has 0 amide bonds. The van der Waals surface area contributed by atoms with Crippen LogP contribution in [-0.4, -0.2) is 0 Å². The van der Waals surface area contributed by atoms with Crippen molar-refractivity contribution in [3.05, 3.63) is 212 Å². The lowest BCUT2D eigenvalue weighted by Gasteiger charge is -2.28. The van der Waals surface area contributed by atoms with Gasteiger partial charge in [-0.25, -0.2) is 0 Å². The van der Waals surface area contributed by atoms with Crippen molar-refractivity contribution in [1.29, 1.82) is 0 Å². The van der Waals surface area contributed by atoms with Crippen LogP contribution in [0.15, 0.2) is 206 Å². The summed E-state index contributed by atoms with van der Waals surface area (Å²) in [6, 6.07) is 62.6. The van der Waals surface area contributed by atoms with Crippen molar-refractivity contribution in [3.63, 3.8) is 0 Å². The maximum atomic E-state index is 4.52. The smallest absolute Gasteiger partial charge is 0.0533 e. The third kappa shape index (κ3) is 6.02. The molecule has 0 radical (unpaired) electrons. The van der Waals surface area contributed by atoms with Gasteiger partial charge in [0.15, 0.2) is 0 Å². The maximum absolute atomic E-state index is 4.52. The van der Waals surface area contributed by atoms with Gasteiger partial charge < -0.3 is 4.90 Å². The Bertz CT molecular complexity index is 2600. The Morgan fingerprint density at radius 2 is 1.08 bits per heavy atom. The van der Waals surface area contributed by atoms with Crippen LogP contribution in [0, 0.1) is 0 Å². The molecule has 0 spiro atoms. The molecule has 1 aromatic heterocycles. The number of thiophene rings is 1. The highest BCUT2D eigenvalue weighted by atomic mass is 32.2. The third-order valence-corrected chi connectivity index (χ3v) is 11.8. The van der Waals surface area contributed by atoms with Crippen LogP contribution in [0.1, 0.15) is 11.1 Å². The molecule has 1 aliphatic rings. The molecule has 0 aliphatic carbocycles. The number of hydrogen-bond donors (Lipinski definition) is 0. The number of nitrogens with zero attached hydrogens (tertiary/aromatic N) is 2. The summed E-state index contributed by atoms with van der Waals surface area (Å²) in [4.78, 5) is 3.50. The first-order valence-electron chi connectivity index (χ1n) is 17.4. The summed E-state index contributed by atoms with van der Waals surface area (Å²) in [7, 11) is 0. The summed E-state index contributed by atoms with van der Waals surface area (Å²) < 4.78 is 4.88. The van der Waals surface area contributed by atoms with Crippen LogP contribution in [0.25, 0.3) is 42.4 Å². The first kappa shape index (κ1) is 31.9. The molecule has 0 atom stereocenters. The zero-order valence-corrected chi connectivity index (χ0v) is 30.0. The van der Waals surface area contributed by atoms with Crippen LogP contribution in [0.2, 0.25) is 0 Å². The highest BCUT2D eigenvalue weighted by molar-refractivity contribution is 8.01. The molecular weight excluding hydrogens is 669 g/mol. The number of benzene rings is 7. The van der Waals surface area contributed by atoms with Gasteiger partial charge in [0, 0.05) is 48.1 Å². The zero-order chi connectivity index (χ0) is 34.9. The lowest BCUT2D eigenvalue weighted by atomic mass is 9.97. The SMILES string of the molecule is C=C1/C=C\C(c2cccc3c2sc2c(-c4ccccc4)cccc23)=C/N(c2ccc(N(Sc3ccccc3)c3ccccc3)cc2)c2ccccc21. The summed E-state index contributed by atoms with van der Waals surface area (Å²) in [6.45, 7) is 4.52. The molecule has 248 valence electrons. The van der Waals surface area contributed by atoms with Gasteiger partial charge in [0.1, 0.15) is 0 Å². The number of hydrogen-bond acceptors (Lipinski definition) is 4. The van der Waals surface area contributed by atoms with Crippen LogP contribution in [0.5, 0.6) is 0 Å². The fourth-order valence-electron chi connectivity index (χ4n) is 6.91. The second-order valence-electron chi connectivity index (χ2n) is 12.7. The molecule has 0 saturated heterocycles. The minimum absolute atomic E-state index is 0.979. The molecule has 8 aromatic rings. The average Bonchev–Trinajstić information content (AvgIpc) is 3.60. The van der Waals surface area contributed by atoms with Gasteiger partial charge in [-0.2, -0.15) is 0 Å². The van der Waals surface area contributed by atoms with Crippen molar-refractivity contribution in [2.45, 2.75) is 4.90 Å². The van der Waals surface area contributed by atoms with E-state index in [2.05, 4.69) is 210 Å². The normalized spacial score (nSPS) is 14.3. The minimum Gasteiger partial charge on any atom is -0.316 e. The molecule has 1 aliphatic heterocycles. The van der Waals surface area contributed by atoms with Gasteiger partial charge in [-0.3, -0.25) is 4.31 Å². The van der Waals surface area contributed by atoms with Crippen molar-refractivity contribution < 1.29 is 0 Å². The molecule has 9 rings (SSSR count). The van der Waals surface area contributed by atoms with E-state index in [0.29, 0.717) is 0 Å². The van der Waals surface area contributed by atoms with E-state index in [4.69, 9.17) is 0 Å². The largest absolute Gasteiger partial charge is 0.316 e. The first-order valence-corrected chi connectivity index (χ1v) is 19.0. The van der Waals surface area contributed by atoms with Gasteiger partial charge >= 0.3 is 0 Å². The highest BCUT2D eigenvalue weighted by Gasteiger charge is 2.20. The number of rotatable bonds is 7. The number of allylic oxidation sites excluding steroid dienone is 4. The Morgan fingerprint density at radius 1 is 0.500 bits per heavy atom. The number of anilines is 4. The summed E-state index contributed by atoms with van der Waals surface area (Å²) in [5.41, 5.74) is 11.3. The molecule has 0 fully saturated rings. The van der Waals surface area contributed by atoms with Gasteiger partial charge in [-0.15, -0.1) is 11.3 Å². The Balaban J connectivity index is 1.17.